The van der Waals surface area contributed by atoms with E-state index in [1.807, 2.05) is 13.0 Å². The second kappa shape index (κ2) is 9.73. The highest BCUT2D eigenvalue weighted by atomic mass is 35.5. The highest BCUT2D eigenvalue weighted by Gasteiger charge is 2.12. The molecule has 0 spiro atoms. The molecule has 0 aliphatic carbocycles. The van der Waals surface area contributed by atoms with E-state index in [-0.39, 0.29) is 25.0 Å². The van der Waals surface area contributed by atoms with Crippen molar-refractivity contribution in [2.24, 2.45) is 0 Å². The Balaban J connectivity index is 1.77. The lowest BCUT2D eigenvalue weighted by Gasteiger charge is -2.14. The largest absolute Gasteiger partial charge is 0.455 e. The summed E-state index contributed by atoms with van der Waals surface area (Å²) in [6, 6.07) is 13.8. The second-order valence-electron chi connectivity index (χ2n) is 6.06. The quantitative estimate of drug-likeness (QED) is 0.713. The summed E-state index contributed by atoms with van der Waals surface area (Å²) in [7, 11) is 0. The Bertz CT molecular complexity index is 821. The average Bonchev–Trinajstić information content (AvgIpc) is 2.61. The molecule has 0 unspecified atom stereocenters. The zero-order valence-electron chi connectivity index (χ0n) is 15.1. The third-order valence-corrected chi connectivity index (χ3v) is 3.95. The summed E-state index contributed by atoms with van der Waals surface area (Å²) < 4.78 is 5.02. The maximum atomic E-state index is 12.0. The van der Waals surface area contributed by atoms with Crippen molar-refractivity contribution < 1.29 is 19.1 Å². The summed E-state index contributed by atoms with van der Waals surface area (Å²) in [6.45, 7) is 2.89. The molecule has 0 radical (unpaired) electrons. The van der Waals surface area contributed by atoms with Gasteiger partial charge in [-0.05, 0) is 42.3 Å². The first-order chi connectivity index (χ1) is 12.8. The van der Waals surface area contributed by atoms with Crippen molar-refractivity contribution in [1.29, 1.82) is 0 Å². The van der Waals surface area contributed by atoms with E-state index in [0.29, 0.717) is 10.7 Å². The van der Waals surface area contributed by atoms with Crippen LogP contribution in [0.4, 0.5) is 5.69 Å². The molecule has 0 heterocycles. The molecular weight excluding hydrogens is 368 g/mol. The molecule has 0 fully saturated rings. The van der Waals surface area contributed by atoms with Crippen LogP contribution < -0.4 is 10.6 Å². The monoisotopic (exact) mass is 388 g/mol. The molecule has 0 saturated heterocycles. The van der Waals surface area contributed by atoms with Crippen LogP contribution in [0.5, 0.6) is 0 Å². The Kier molecular flexibility index (Phi) is 7.37. The van der Waals surface area contributed by atoms with Gasteiger partial charge in [0.15, 0.2) is 6.61 Å². The van der Waals surface area contributed by atoms with Crippen molar-refractivity contribution >= 4 is 35.1 Å². The van der Waals surface area contributed by atoms with E-state index in [1.54, 1.807) is 42.5 Å². The van der Waals surface area contributed by atoms with E-state index >= 15 is 0 Å². The van der Waals surface area contributed by atoms with Gasteiger partial charge in [-0.3, -0.25) is 14.4 Å². The number of hydrogen-bond donors (Lipinski definition) is 2. The molecule has 0 aliphatic rings. The van der Waals surface area contributed by atoms with Gasteiger partial charge in [-0.25, -0.2) is 0 Å². The zero-order chi connectivity index (χ0) is 19.8. The number of benzene rings is 2. The minimum atomic E-state index is -0.507. The van der Waals surface area contributed by atoms with Crippen LogP contribution in [-0.4, -0.2) is 24.4 Å². The van der Waals surface area contributed by atoms with E-state index in [0.717, 1.165) is 11.1 Å². The molecule has 0 bridgehead atoms. The summed E-state index contributed by atoms with van der Waals surface area (Å²) in [5.41, 5.74) is 2.23. The average molecular weight is 389 g/mol. The summed E-state index contributed by atoms with van der Waals surface area (Å²) in [6.07, 6.45) is 0.0392. The van der Waals surface area contributed by atoms with E-state index < -0.39 is 11.9 Å². The van der Waals surface area contributed by atoms with Gasteiger partial charge in [0.1, 0.15) is 0 Å². The third-order valence-electron chi connectivity index (χ3n) is 3.71. The van der Waals surface area contributed by atoms with Crippen LogP contribution in [0.15, 0.2) is 48.5 Å². The van der Waals surface area contributed by atoms with Crippen LogP contribution in [0.25, 0.3) is 0 Å². The van der Waals surface area contributed by atoms with Crippen LogP contribution in [-0.2, 0) is 25.5 Å². The van der Waals surface area contributed by atoms with Crippen LogP contribution in [0.1, 0.15) is 31.0 Å². The molecule has 2 N–H and O–H groups in total. The summed E-state index contributed by atoms with van der Waals surface area (Å²) in [4.78, 5) is 34.8. The first-order valence-electron chi connectivity index (χ1n) is 8.40. The number of amides is 2. The minimum absolute atomic E-state index is 0.0392. The van der Waals surface area contributed by atoms with Crippen molar-refractivity contribution in [1.82, 2.24) is 5.32 Å². The summed E-state index contributed by atoms with van der Waals surface area (Å²) in [5, 5.41) is 5.98. The number of anilines is 1. The lowest BCUT2D eigenvalue weighted by atomic mass is 10.1. The standard InChI is InChI=1S/C20H21ClN2O4/c1-13(16-4-3-5-17(21)11-16)22-19(25)12-27-20(26)10-15-6-8-18(9-7-15)23-14(2)24/h3-9,11,13H,10,12H2,1-2H3,(H,22,25)(H,23,24)/t13-/m1/s1. The molecule has 0 aliphatic heterocycles. The molecule has 2 rings (SSSR count). The fourth-order valence-corrected chi connectivity index (χ4v) is 2.61. The van der Waals surface area contributed by atoms with Gasteiger partial charge in [-0.1, -0.05) is 35.9 Å². The van der Waals surface area contributed by atoms with Crippen LogP contribution in [0.3, 0.4) is 0 Å². The Morgan fingerprint density at radius 1 is 1.11 bits per heavy atom. The second-order valence-corrected chi connectivity index (χ2v) is 6.50. The van der Waals surface area contributed by atoms with Crippen molar-refractivity contribution in [2.45, 2.75) is 26.3 Å². The van der Waals surface area contributed by atoms with Crippen LogP contribution in [0.2, 0.25) is 5.02 Å². The topological polar surface area (TPSA) is 84.5 Å². The normalized spacial score (nSPS) is 11.4. The lowest BCUT2D eigenvalue weighted by molar-refractivity contribution is -0.148. The van der Waals surface area contributed by atoms with Crippen molar-refractivity contribution in [3.8, 4) is 0 Å². The van der Waals surface area contributed by atoms with Crippen molar-refractivity contribution in [2.75, 3.05) is 11.9 Å². The Morgan fingerprint density at radius 2 is 1.81 bits per heavy atom. The van der Waals surface area contributed by atoms with Gasteiger partial charge in [0.2, 0.25) is 5.91 Å². The van der Waals surface area contributed by atoms with E-state index in [9.17, 15) is 14.4 Å². The van der Waals surface area contributed by atoms with Crippen molar-refractivity contribution in [3.63, 3.8) is 0 Å². The maximum Gasteiger partial charge on any atom is 0.310 e. The molecule has 2 amide bonds. The van der Waals surface area contributed by atoms with Crippen molar-refractivity contribution in [3.05, 3.63) is 64.7 Å². The Labute approximate surface area is 162 Å². The number of esters is 1. The minimum Gasteiger partial charge on any atom is -0.455 e. The van der Waals surface area contributed by atoms with E-state index in [4.69, 9.17) is 16.3 Å². The molecule has 0 saturated carbocycles. The Hall–Kier alpha value is -2.86. The molecule has 142 valence electrons. The third kappa shape index (κ3) is 7.11. The maximum absolute atomic E-state index is 12.0. The molecule has 7 heteroatoms. The number of carbonyl (C=O) groups excluding carboxylic acids is 3. The first-order valence-corrected chi connectivity index (χ1v) is 8.78. The SMILES string of the molecule is CC(=O)Nc1ccc(CC(=O)OCC(=O)N[C@H](C)c2cccc(Cl)c2)cc1. The molecule has 27 heavy (non-hydrogen) atoms. The molecule has 1 atom stereocenters. The molecule has 2 aromatic carbocycles. The van der Waals surface area contributed by atoms with Gasteiger partial charge < -0.3 is 15.4 Å². The molecule has 6 nitrogen and oxygen atoms in total. The number of rotatable bonds is 7. The van der Waals surface area contributed by atoms with E-state index in [2.05, 4.69) is 10.6 Å². The lowest BCUT2D eigenvalue weighted by Crippen LogP contribution is -2.31. The molecule has 0 aromatic heterocycles. The Morgan fingerprint density at radius 3 is 2.44 bits per heavy atom. The predicted octanol–water partition coefficient (Wildman–Crippen LogP) is 3.26. The zero-order valence-corrected chi connectivity index (χ0v) is 15.9. The van der Waals surface area contributed by atoms with E-state index in [1.165, 1.54) is 6.92 Å². The first kappa shape index (κ1) is 20.5. The number of carbonyl (C=O) groups is 3. The predicted molar refractivity (Wildman–Crippen MR) is 103 cm³/mol. The van der Waals surface area contributed by atoms with Gasteiger partial charge >= 0.3 is 5.97 Å². The van der Waals surface area contributed by atoms with Gasteiger partial charge in [-0.15, -0.1) is 0 Å². The summed E-state index contributed by atoms with van der Waals surface area (Å²) in [5.74, 6) is -1.06. The highest BCUT2D eigenvalue weighted by molar-refractivity contribution is 6.30. The fraction of sp³-hybridized carbons (Fsp3) is 0.250. The highest BCUT2D eigenvalue weighted by Crippen LogP contribution is 2.17. The van der Waals surface area contributed by atoms with Gasteiger partial charge in [0.05, 0.1) is 12.5 Å². The molecular formula is C20H21ClN2O4. The van der Waals surface area contributed by atoms with Gasteiger partial charge in [0.25, 0.3) is 5.91 Å². The number of halogens is 1. The van der Waals surface area contributed by atoms with Crippen LogP contribution >= 0.6 is 11.6 Å². The summed E-state index contributed by atoms with van der Waals surface area (Å²) >= 11 is 5.94. The fourth-order valence-electron chi connectivity index (χ4n) is 2.42. The van der Waals surface area contributed by atoms with Gasteiger partial charge in [0, 0.05) is 17.6 Å². The van der Waals surface area contributed by atoms with Crippen LogP contribution in [0, 0.1) is 0 Å². The number of nitrogens with one attached hydrogen (secondary N) is 2. The number of hydrogen-bond acceptors (Lipinski definition) is 4. The smallest absolute Gasteiger partial charge is 0.310 e. The number of ether oxygens (including phenoxy) is 1. The molecule has 2 aromatic rings. The van der Waals surface area contributed by atoms with Gasteiger partial charge in [-0.2, -0.15) is 0 Å².